The third-order valence-corrected chi connectivity index (χ3v) is 4.27. The zero-order chi connectivity index (χ0) is 15.7. The molecule has 2 aromatic rings. The van der Waals surface area contributed by atoms with Gasteiger partial charge in [0.1, 0.15) is 0 Å². The number of rotatable bonds is 4. The van der Waals surface area contributed by atoms with Gasteiger partial charge in [0.05, 0.1) is 12.0 Å². The van der Waals surface area contributed by atoms with Crippen molar-refractivity contribution in [2.24, 2.45) is 11.7 Å². The van der Waals surface area contributed by atoms with Crippen molar-refractivity contribution in [3.8, 4) is 11.5 Å². The molecular formula is C15H17ClN4O2. The summed E-state index contributed by atoms with van der Waals surface area (Å²) in [7, 11) is 0. The predicted molar refractivity (Wildman–Crippen MR) is 82.0 cm³/mol. The van der Waals surface area contributed by atoms with E-state index in [4.69, 9.17) is 21.8 Å². The monoisotopic (exact) mass is 320 g/mol. The van der Waals surface area contributed by atoms with E-state index in [0.717, 1.165) is 18.5 Å². The summed E-state index contributed by atoms with van der Waals surface area (Å²) in [4.78, 5) is 13.4. The Labute approximate surface area is 133 Å². The van der Waals surface area contributed by atoms with Crippen LogP contribution in [0.15, 0.2) is 28.7 Å². The Hall–Kier alpha value is -1.92. The number of nitrogens with zero attached hydrogens (tertiary/aromatic N) is 3. The highest BCUT2D eigenvalue weighted by molar-refractivity contribution is 6.30. The Balaban J connectivity index is 1.75. The van der Waals surface area contributed by atoms with Crippen LogP contribution in [0.5, 0.6) is 0 Å². The van der Waals surface area contributed by atoms with E-state index in [1.807, 2.05) is 19.1 Å². The summed E-state index contributed by atoms with van der Waals surface area (Å²) in [5, 5.41) is 8.82. The molecule has 0 bridgehead atoms. The van der Waals surface area contributed by atoms with Crippen molar-refractivity contribution in [3.63, 3.8) is 0 Å². The van der Waals surface area contributed by atoms with E-state index < -0.39 is 0 Å². The fourth-order valence-electron chi connectivity index (χ4n) is 2.67. The minimum absolute atomic E-state index is 0.0511. The SMILES string of the molecule is C[C@H](c1nnc(-c2cccc(Cl)c2)o1)N1CC[C@H](C(N)=O)C1. The number of carbonyl (C=O) groups is 1. The van der Waals surface area contributed by atoms with Gasteiger partial charge in [-0.1, -0.05) is 17.7 Å². The summed E-state index contributed by atoms with van der Waals surface area (Å²) in [6, 6.07) is 7.22. The van der Waals surface area contributed by atoms with Gasteiger partial charge in [-0.15, -0.1) is 10.2 Å². The summed E-state index contributed by atoms with van der Waals surface area (Å²) in [6.07, 6.45) is 0.773. The molecule has 1 aromatic carbocycles. The lowest BCUT2D eigenvalue weighted by molar-refractivity contribution is -0.121. The molecule has 1 amide bonds. The molecule has 0 radical (unpaired) electrons. The van der Waals surface area contributed by atoms with Crippen LogP contribution in [0.4, 0.5) is 0 Å². The fourth-order valence-corrected chi connectivity index (χ4v) is 2.86. The summed E-state index contributed by atoms with van der Waals surface area (Å²) >= 11 is 5.97. The Bertz CT molecular complexity index is 688. The molecule has 3 rings (SSSR count). The molecule has 2 atom stereocenters. The molecule has 0 unspecified atom stereocenters. The smallest absolute Gasteiger partial charge is 0.247 e. The Morgan fingerprint density at radius 2 is 2.32 bits per heavy atom. The summed E-state index contributed by atoms with van der Waals surface area (Å²) < 4.78 is 5.76. The van der Waals surface area contributed by atoms with Crippen LogP contribution >= 0.6 is 11.6 Å². The summed E-state index contributed by atoms with van der Waals surface area (Å²) in [5.41, 5.74) is 6.15. The van der Waals surface area contributed by atoms with Gasteiger partial charge in [0.2, 0.25) is 17.7 Å². The quantitative estimate of drug-likeness (QED) is 0.934. The minimum Gasteiger partial charge on any atom is -0.419 e. The van der Waals surface area contributed by atoms with Crippen LogP contribution < -0.4 is 5.73 Å². The van der Waals surface area contributed by atoms with Crippen molar-refractivity contribution in [3.05, 3.63) is 35.2 Å². The van der Waals surface area contributed by atoms with Crippen molar-refractivity contribution in [2.45, 2.75) is 19.4 Å². The van der Waals surface area contributed by atoms with Gasteiger partial charge in [-0.05, 0) is 38.1 Å². The zero-order valence-electron chi connectivity index (χ0n) is 12.2. The van der Waals surface area contributed by atoms with E-state index in [-0.39, 0.29) is 17.9 Å². The number of carbonyl (C=O) groups excluding carboxylic acids is 1. The molecule has 0 spiro atoms. The van der Waals surface area contributed by atoms with Crippen LogP contribution in [0.1, 0.15) is 25.3 Å². The van der Waals surface area contributed by atoms with Crippen molar-refractivity contribution in [1.82, 2.24) is 15.1 Å². The van der Waals surface area contributed by atoms with Crippen LogP contribution in [-0.2, 0) is 4.79 Å². The third kappa shape index (κ3) is 2.98. The second-order valence-corrected chi connectivity index (χ2v) is 5.95. The number of hydrogen-bond acceptors (Lipinski definition) is 5. The number of halogens is 1. The van der Waals surface area contributed by atoms with E-state index in [0.29, 0.717) is 23.3 Å². The largest absolute Gasteiger partial charge is 0.419 e. The Morgan fingerprint density at radius 1 is 1.50 bits per heavy atom. The molecule has 0 saturated carbocycles. The fraction of sp³-hybridized carbons (Fsp3) is 0.400. The van der Waals surface area contributed by atoms with Crippen molar-refractivity contribution < 1.29 is 9.21 Å². The summed E-state index contributed by atoms with van der Waals surface area (Å²) in [6.45, 7) is 3.41. The number of benzene rings is 1. The number of hydrogen-bond donors (Lipinski definition) is 1. The van der Waals surface area contributed by atoms with Crippen LogP contribution in [-0.4, -0.2) is 34.1 Å². The maximum absolute atomic E-state index is 11.3. The molecule has 1 saturated heterocycles. The first-order chi connectivity index (χ1) is 10.5. The lowest BCUT2D eigenvalue weighted by atomic mass is 10.1. The van der Waals surface area contributed by atoms with E-state index >= 15 is 0 Å². The zero-order valence-corrected chi connectivity index (χ0v) is 13.0. The van der Waals surface area contributed by atoms with Crippen LogP contribution in [0.25, 0.3) is 11.5 Å². The molecule has 7 heteroatoms. The average Bonchev–Trinajstić information content (AvgIpc) is 3.16. The number of likely N-dealkylation sites (tertiary alicyclic amines) is 1. The first kappa shape index (κ1) is 15.0. The molecule has 1 aliphatic heterocycles. The standard InChI is InChI=1S/C15H17ClN4O2/c1-9(20-6-5-11(8-20)13(17)21)14-18-19-15(22-14)10-3-2-4-12(16)7-10/h2-4,7,9,11H,5-6,8H2,1H3,(H2,17,21)/t9-,11+/m1/s1. The summed E-state index contributed by atoms with van der Waals surface area (Å²) in [5.74, 6) is 0.618. The van der Waals surface area contributed by atoms with E-state index in [9.17, 15) is 4.79 Å². The predicted octanol–water partition coefficient (Wildman–Crippen LogP) is 2.26. The van der Waals surface area contributed by atoms with E-state index in [1.165, 1.54) is 0 Å². The molecule has 2 heterocycles. The van der Waals surface area contributed by atoms with Gasteiger partial charge in [-0.3, -0.25) is 9.69 Å². The molecule has 2 N–H and O–H groups in total. The molecular weight excluding hydrogens is 304 g/mol. The second kappa shape index (κ2) is 6.06. The van der Waals surface area contributed by atoms with Gasteiger partial charge < -0.3 is 10.2 Å². The Kier molecular flexibility index (Phi) is 4.13. The van der Waals surface area contributed by atoms with E-state index in [2.05, 4.69) is 15.1 Å². The van der Waals surface area contributed by atoms with Crippen molar-refractivity contribution >= 4 is 17.5 Å². The lowest BCUT2D eigenvalue weighted by Crippen LogP contribution is -2.29. The highest BCUT2D eigenvalue weighted by atomic mass is 35.5. The normalized spacial score (nSPS) is 20.2. The molecule has 22 heavy (non-hydrogen) atoms. The first-order valence-corrected chi connectivity index (χ1v) is 7.55. The molecule has 0 aliphatic carbocycles. The highest BCUT2D eigenvalue weighted by Gasteiger charge is 2.32. The number of primary amides is 1. The van der Waals surface area contributed by atoms with Crippen LogP contribution in [0.3, 0.4) is 0 Å². The van der Waals surface area contributed by atoms with Crippen molar-refractivity contribution in [2.75, 3.05) is 13.1 Å². The number of nitrogens with two attached hydrogens (primary N) is 1. The van der Waals surface area contributed by atoms with Gasteiger partial charge in [-0.25, -0.2) is 0 Å². The number of aromatic nitrogens is 2. The molecule has 1 fully saturated rings. The Morgan fingerprint density at radius 3 is 3.00 bits per heavy atom. The maximum Gasteiger partial charge on any atom is 0.247 e. The molecule has 6 nitrogen and oxygen atoms in total. The average molecular weight is 321 g/mol. The first-order valence-electron chi connectivity index (χ1n) is 7.17. The van der Waals surface area contributed by atoms with Gasteiger partial charge in [0.15, 0.2) is 0 Å². The van der Waals surface area contributed by atoms with Gasteiger partial charge in [0.25, 0.3) is 0 Å². The molecule has 116 valence electrons. The van der Waals surface area contributed by atoms with Crippen molar-refractivity contribution in [1.29, 1.82) is 0 Å². The highest BCUT2D eigenvalue weighted by Crippen LogP contribution is 2.29. The van der Waals surface area contributed by atoms with Gasteiger partial charge in [-0.2, -0.15) is 0 Å². The van der Waals surface area contributed by atoms with Crippen LogP contribution in [0.2, 0.25) is 5.02 Å². The maximum atomic E-state index is 11.3. The molecule has 1 aliphatic rings. The lowest BCUT2D eigenvalue weighted by Gasteiger charge is -2.20. The third-order valence-electron chi connectivity index (χ3n) is 4.04. The van der Waals surface area contributed by atoms with Gasteiger partial charge in [0, 0.05) is 17.1 Å². The molecule has 1 aromatic heterocycles. The number of amides is 1. The van der Waals surface area contributed by atoms with Gasteiger partial charge >= 0.3 is 0 Å². The van der Waals surface area contributed by atoms with Crippen LogP contribution in [0, 0.1) is 5.92 Å². The minimum atomic E-state index is -0.250. The topological polar surface area (TPSA) is 85.2 Å². The van der Waals surface area contributed by atoms with E-state index in [1.54, 1.807) is 12.1 Å². The second-order valence-electron chi connectivity index (χ2n) is 5.51.